The third-order valence-corrected chi connectivity index (χ3v) is 5.41. The molecule has 1 aliphatic rings. The number of nitrogens with one attached hydrogen (secondary N) is 1. The highest BCUT2D eigenvalue weighted by molar-refractivity contribution is 7.89. The van der Waals surface area contributed by atoms with Crippen LogP contribution in [0.4, 0.5) is 0 Å². The molecule has 0 aromatic carbocycles. The first-order valence-electron chi connectivity index (χ1n) is 7.83. The predicted molar refractivity (Wildman–Crippen MR) is 84.3 cm³/mol. The molecule has 1 saturated heterocycles. The van der Waals surface area contributed by atoms with Gasteiger partial charge in [-0.15, -0.1) is 0 Å². The summed E-state index contributed by atoms with van der Waals surface area (Å²) in [5.41, 5.74) is 0.711. The predicted octanol–water partition coefficient (Wildman–Crippen LogP) is 0.601. The monoisotopic (exact) mass is 330 g/mol. The van der Waals surface area contributed by atoms with Crippen molar-refractivity contribution in [2.24, 2.45) is 0 Å². The van der Waals surface area contributed by atoms with E-state index >= 15 is 0 Å². The van der Waals surface area contributed by atoms with E-state index in [4.69, 9.17) is 4.74 Å². The van der Waals surface area contributed by atoms with E-state index in [9.17, 15) is 8.42 Å². The SMILES string of the molecule is CCC(CNS(=O)(=O)c1cc(C)nn1CC)N1CCOCC1. The van der Waals surface area contributed by atoms with Crippen molar-refractivity contribution in [3.63, 3.8) is 0 Å². The smallest absolute Gasteiger partial charge is 0.257 e. The van der Waals surface area contributed by atoms with Crippen LogP contribution in [0.1, 0.15) is 26.0 Å². The van der Waals surface area contributed by atoms with E-state index in [0.29, 0.717) is 32.0 Å². The number of aromatic nitrogens is 2. The van der Waals surface area contributed by atoms with E-state index in [2.05, 4.69) is 21.6 Å². The second-order valence-electron chi connectivity index (χ2n) is 5.50. The lowest BCUT2D eigenvalue weighted by molar-refractivity contribution is 0.0169. The molecule has 1 N–H and O–H groups in total. The molecule has 1 aliphatic heterocycles. The Morgan fingerprint density at radius 2 is 2.05 bits per heavy atom. The van der Waals surface area contributed by atoms with Crippen LogP contribution in [0.3, 0.4) is 0 Å². The van der Waals surface area contributed by atoms with Crippen molar-refractivity contribution in [1.29, 1.82) is 0 Å². The third kappa shape index (κ3) is 4.07. The molecule has 2 rings (SSSR count). The minimum Gasteiger partial charge on any atom is -0.379 e. The number of morpholine rings is 1. The van der Waals surface area contributed by atoms with Gasteiger partial charge < -0.3 is 4.74 Å². The summed E-state index contributed by atoms with van der Waals surface area (Å²) in [6, 6.07) is 1.80. The van der Waals surface area contributed by atoms with Gasteiger partial charge in [-0.1, -0.05) is 6.92 Å². The number of rotatable bonds is 7. The lowest BCUT2D eigenvalue weighted by Crippen LogP contribution is -2.48. The average molecular weight is 330 g/mol. The van der Waals surface area contributed by atoms with Gasteiger partial charge in [-0.25, -0.2) is 13.1 Å². The molecule has 8 heteroatoms. The Morgan fingerprint density at radius 3 is 2.64 bits per heavy atom. The van der Waals surface area contributed by atoms with Crippen LogP contribution in [-0.2, 0) is 21.3 Å². The van der Waals surface area contributed by atoms with Gasteiger partial charge in [-0.3, -0.25) is 9.58 Å². The Labute approximate surface area is 132 Å². The molecule has 1 aromatic rings. The highest BCUT2D eigenvalue weighted by Crippen LogP contribution is 2.12. The first-order valence-corrected chi connectivity index (χ1v) is 9.32. The van der Waals surface area contributed by atoms with Crippen LogP contribution < -0.4 is 4.72 Å². The maximum Gasteiger partial charge on any atom is 0.257 e. The molecule has 0 saturated carbocycles. The van der Waals surface area contributed by atoms with Gasteiger partial charge in [0, 0.05) is 32.2 Å². The molecule has 0 spiro atoms. The van der Waals surface area contributed by atoms with E-state index in [1.807, 2.05) is 6.92 Å². The van der Waals surface area contributed by atoms with E-state index in [-0.39, 0.29) is 11.1 Å². The van der Waals surface area contributed by atoms with Gasteiger partial charge in [-0.2, -0.15) is 5.10 Å². The number of ether oxygens (including phenoxy) is 1. The second kappa shape index (κ2) is 7.54. The summed E-state index contributed by atoms with van der Waals surface area (Å²) in [7, 11) is -3.53. The maximum absolute atomic E-state index is 12.5. The molecule has 7 nitrogen and oxygen atoms in total. The molecule has 1 atom stereocenters. The number of aryl methyl sites for hydroxylation is 2. The topological polar surface area (TPSA) is 76.5 Å². The van der Waals surface area contributed by atoms with Crippen molar-refractivity contribution in [2.75, 3.05) is 32.8 Å². The highest BCUT2D eigenvalue weighted by atomic mass is 32.2. The second-order valence-corrected chi connectivity index (χ2v) is 7.22. The van der Waals surface area contributed by atoms with Crippen LogP contribution in [0.25, 0.3) is 0 Å². The van der Waals surface area contributed by atoms with E-state index < -0.39 is 10.0 Å². The van der Waals surface area contributed by atoms with E-state index in [1.165, 1.54) is 4.68 Å². The molecular formula is C14H26N4O3S. The van der Waals surface area contributed by atoms with Gasteiger partial charge in [-0.05, 0) is 26.3 Å². The first kappa shape index (κ1) is 17.4. The number of nitrogens with zero attached hydrogens (tertiary/aromatic N) is 3. The summed E-state index contributed by atoms with van der Waals surface area (Å²) in [6.45, 7) is 9.84. The zero-order valence-electron chi connectivity index (χ0n) is 13.6. The number of hydrogen-bond acceptors (Lipinski definition) is 5. The minimum absolute atomic E-state index is 0.192. The Morgan fingerprint density at radius 1 is 1.36 bits per heavy atom. The van der Waals surface area contributed by atoms with Crippen LogP contribution in [0, 0.1) is 6.92 Å². The summed E-state index contributed by atoms with van der Waals surface area (Å²) in [5.74, 6) is 0. The largest absolute Gasteiger partial charge is 0.379 e. The Kier molecular flexibility index (Phi) is 5.96. The normalized spacial score (nSPS) is 18.5. The molecular weight excluding hydrogens is 304 g/mol. The summed E-state index contributed by atoms with van der Waals surface area (Å²) in [5, 5.41) is 4.44. The molecule has 0 radical (unpaired) electrons. The lowest BCUT2D eigenvalue weighted by atomic mass is 10.2. The molecule has 22 heavy (non-hydrogen) atoms. The van der Waals surface area contributed by atoms with Crippen molar-refractivity contribution in [2.45, 2.75) is 44.8 Å². The van der Waals surface area contributed by atoms with E-state index in [0.717, 1.165) is 19.5 Å². The third-order valence-electron chi connectivity index (χ3n) is 3.98. The van der Waals surface area contributed by atoms with Crippen molar-refractivity contribution in [3.8, 4) is 0 Å². The molecule has 126 valence electrons. The lowest BCUT2D eigenvalue weighted by Gasteiger charge is -2.33. The fourth-order valence-corrected chi connectivity index (χ4v) is 4.05. The summed E-state index contributed by atoms with van der Waals surface area (Å²) in [6.07, 6.45) is 0.897. The highest BCUT2D eigenvalue weighted by Gasteiger charge is 2.24. The molecule has 1 unspecified atom stereocenters. The fraction of sp³-hybridized carbons (Fsp3) is 0.786. The van der Waals surface area contributed by atoms with Crippen LogP contribution >= 0.6 is 0 Å². The molecule has 0 bridgehead atoms. The Balaban J connectivity index is 2.04. The van der Waals surface area contributed by atoms with Gasteiger partial charge >= 0.3 is 0 Å². The van der Waals surface area contributed by atoms with Gasteiger partial charge in [0.1, 0.15) is 0 Å². The summed E-state index contributed by atoms with van der Waals surface area (Å²) >= 11 is 0. The summed E-state index contributed by atoms with van der Waals surface area (Å²) < 4.78 is 34.6. The van der Waals surface area contributed by atoms with Crippen LogP contribution in [0.15, 0.2) is 11.1 Å². The standard InChI is InChI=1S/C14H26N4O3S/c1-4-13(17-6-8-21-9-7-17)11-15-22(19,20)14-10-12(3)16-18(14)5-2/h10,13,15H,4-9,11H2,1-3H3. The van der Waals surface area contributed by atoms with Gasteiger partial charge in [0.05, 0.1) is 18.9 Å². The van der Waals surface area contributed by atoms with Crippen molar-refractivity contribution >= 4 is 10.0 Å². The summed E-state index contributed by atoms with van der Waals surface area (Å²) in [4.78, 5) is 2.29. The minimum atomic E-state index is -3.53. The maximum atomic E-state index is 12.5. The van der Waals surface area contributed by atoms with Crippen molar-refractivity contribution < 1.29 is 13.2 Å². The zero-order chi connectivity index (χ0) is 16.2. The van der Waals surface area contributed by atoms with Gasteiger partial charge in [0.2, 0.25) is 0 Å². The van der Waals surface area contributed by atoms with E-state index in [1.54, 1.807) is 13.0 Å². The molecule has 0 amide bonds. The van der Waals surface area contributed by atoms with Gasteiger partial charge in [0.25, 0.3) is 10.0 Å². The quantitative estimate of drug-likeness (QED) is 0.792. The molecule has 1 aromatic heterocycles. The molecule has 1 fully saturated rings. The Bertz CT molecular complexity index is 579. The van der Waals surface area contributed by atoms with Crippen LogP contribution in [0.2, 0.25) is 0 Å². The van der Waals surface area contributed by atoms with Crippen LogP contribution in [-0.4, -0.2) is 62.0 Å². The van der Waals surface area contributed by atoms with Gasteiger partial charge in [0.15, 0.2) is 5.03 Å². The fourth-order valence-electron chi connectivity index (χ4n) is 2.72. The Hall–Kier alpha value is -0.960. The number of sulfonamides is 1. The molecule has 2 heterocycles. The van der Waals surface area contributed by atoms with Crippen LogP contribution in [0.5, 0.6) is 0 Å². The number of hydrogen-bond donors (Lipinski definition) is 1. The molecule has 0 aliphatic carbocycles. The van der Waals surface area contributed by atoms with Crippen molar-refractivity contribution in [3.05, 3.63) is 11.8 Å². The average Bonchev–Trinajstić information content (AvgIpc) is 2.91. The first-order chi connectivity index (χ1) is 10.5. The van der Waals surface area contributed by atoms with Crippen molar-refractivity contribution in [1.82, 2.24) is 19.4 Å². The zero-order valence-corrected chi connectivity index (χ0v) is 14.4.